The number of ether oxygens (including phenoxy) is 2. The Morgan fingerprint density at radius 1 is 1.29 bits per heavy atom. The maximum Gasteiger partial charge on any atom is 0.122 e. The number of hydrogen-bond acceptors (Lipinski definition) is 3. The summed E-state index contributed by atoms with van der Waals surface area (Å²) in [5.41, 5.74) is 7.13. The molecule has 0 radical (unpaired) electrons. The number of benzene rings is 1. The molecule has 17 heavy (non-hydrogen) atoms. The second-order valence-corrected chi connectivity index (χ2v) is 4.19. The fourth-order valence-electron chi connectivity index (χ4n) is 1.62. The molecule has 1 aromatic carbocycles. The first-order valence-electron chi connectivity index (χ1n) is 6.26. The van der Waals surface area contributed by atoms with Crippen molar-refractivity contribution < 1.29 is 9.47 Å². The summed E-state index contributed by atoms with van der Waals surface area (Å²) in [6, 6.07) is 6.07. The van der Waals surface area contributed by atoms with Crippen LogP contribution in [0.2, 0.25) is 0 Å². The van der Waals surface area contributed by atoms with Gasteiger partial charge in [0.1, 0.15) is 11.5 Å². The third kappa shape index (κ3) is 4.27. The van der Waals surface area contributed by atoms with Gasteiger partial charge in [-0.05, 0) is 43.0 Å². The van der Waals surface area contributed by atoms with Crippen LogP contribution in [0.25, 0.3) is 0 Å². The van der Waals surface area contributed by atoms with Crippen molar-refractivity contribution in [3.05, 3.63) is 23.8 Å². The molecule has 0 fully saturated rings. The first-order chi connectivity index (χ1) is 8.21. The second-order valence-electron chi connectivity index (χ2n) is 4.19. The largest absolute Gasteiger partial charge is 0.497 e. The van der Waals surface area contributed by atoms with Crippen LogP contribution >= 0.6 is 0 Å². The maximum atomic E-state index is 6.00. The van der Waals surface area contributed by atoms with Crippen LogP contribution in [-0.4, -0.2) is 19.8 Å². The van der Waals surface area contributed by atoms with Crippen molar-refractivity contribution in [2.75, 3.05) is 13.7 Å². The standard InChI is InChI=1S/C14H23NO2/c1-4-8-17-14-7-6-13(16-3)10-11(14)9-12(15)5-2/h6-7,10,12H,4-5,8-9,15H2,1-3H3. The van der Waals surface area contributed by atoms with E-state index in [4.69, 9.17) is 15.2 Å². The molecule has 3 heteroatoms. The van der Waals surface area contributed by atoms with E-state index in [9.17, 15) is 0 Å². The molecule has 0 spiro atoms. The summed E-state index contributed by atoms with van der Waals surface area (Å²) in [7, 11) is 1.67. The Morgan fingerprint density at radius 2 is 2.06 bits per heavy atom. The van der Waals surface area contributed by atoms with Gasteiger partial charge in [-0.2, -0.15) is 0 Å². The Bertz CT molecular complexity index is 339. The van der Waals surface area contributed by atoms with Gasteiger partial charge in [-0.25, -0.2) is 0 Å². The highest BCUT2D eigenvalue weighted by molar-refractivity contribution is 5.40. The summed E-state index contributed by atoms with van der Waals surface area (Å²) < 4.78 is 11.0. The van der Waals surface area contributed by atoms with Crippen molar-refractivity contribution in [2.45, 2.75) is 39.2 Å². The van der Waals surface area contributed by atoms with E-state index in [-0.39, 0.29) is 6.04 Å². The van der Waals surface area contributed by atoms with Crippen LogP contribution in [-0.2, 0) is 6.42 Å². The molecule has 0 aromatic heterocycles. The lowest BCUT2D eigenvalue weighted by molar-refractivity contribution is 0.312. The van der Waals surface area contributed by atoms with E-state index in [2.05, 4.69) is 13.8 Å². The average molecular weight is 237 g/mol. The van der Waals surface area contributed by atoms with E-state index in [0.29, 0.717) is 0 Å². The normalized spacial score (nSPS) is 12.2. The zero-order valence-electron chi connectivity index (χ0n) is 11.0. The molecular formula is C14H23NO2. The summed E-state index contributed by atoms with van der Waals surface area (Å²) in [5, 5.41) is 0. The minimum atomic E-state index is 0.172. The monoisotopic (exact) mass is 237 g/mol. The number of hydrogen-bond donors (Lipinski definition) is 1. The molecule has 0 saturated carbocycles. The van der Waals surface area contributed by atoms with Gasteiger partial charge in [0.15, 0.2) is 0 Å². The van der Waals surface area contributed by atoms with Crippen LogP contribution in [0.5, 0.6) is 11.5 Å². The van der Waals surface area contributed by atoms with E-state index in [1.54, 1.807) is 7.11 Å². The quantitative estimate of drug-likeness (QED) is 0.793. The van der Waals surface area contributed by atoms with Crippen LogP contribution in [0.3, 0.4) is 0 Å². The van der Waals surface area contributed by atoms with E-state index in [0.717, 1.165) is 42.9 Å². The average Bonchev–Trinajstić information content (AvgIpc) is 2.36. The first-order valence-corrected chi connectivity index (χ1v) is 6.26. The molecular weight excluding hydrogens is 214 g/mol. The predicted octanol–water partition coefficient (Wildman–Crippen LogP) is 2.76. The van der Waals surface area contributed by atoms with Crippen molar-refractivity contribution in [3.63, 3.8) is 0 Å². The van der Waals surface area contributed by atoms with Gasteiger partial charge >= 0.3 is 0 Å². The van der Waals surface area contributed by atoms with Gasteiger partial charge in [-0.15, -0.1) is 0 Å². The van der Waals surface area contributed by atoms with E-state index in [1.807, 2.05) is 18.2 Å². The maximum absolute atomic E-state index is 6.00. The molecule has 2 N–H and O–H groups in total. The van der Waals surface area contributed by atoms with Gasteiger partial charge < -0.3 is 15.2 Å². The number of rotatable bonds is 7. The Hall–Kier alpha value is -1.22. The third-order valence-electron chi connectivity index (χ3n) is 2.74. The van der Waals surface area contributed by atoms with Crippen molar-refractivity contribution in [3.8, 4) is 11.5 Å². The highest BCUT2D eigenvalue weighted by Gasteiger charge is 2.09. The molecule has 0 aliphatic rings. The molecule has 0 aliphatic carbocycles. The molecule has 1 atom stereocenters. The lowest BCUT2D eigenvalue weighted by atomic mass is 10.0. The molecule has 0 heterocycles. The van der Waals surface area contributed by atoms with Gasteiger partial charge in [-0.1, -0.05) is 13.8 Å². The Balaban J connectivity index is 2.86. The minimum absolute atomic E-state index is 0.172. The summed E-state index contributed by atoms with van der Waals surface area (Å²) >= 11 is 0. The minimum Gasteiger partial charge on any atom is -0.497 e. The summed E-state index contributed by atoms with van der Waals surface area (Å²) in [6.07, 6.45) is 2.79. The summed E-state index contributed by atoms with van der Waals surface area (Å²) in [4.78, 5) is 0. The lowest BCUT2D eigenvalue weighted by Gasteiger charge is -2.15. The third-order valence-corrected chi connectivity index (χ3v) is 2.74. The molecule has 1 rings (SSSR count). The van der Waals surface area contributed by atoms with Crippen molar-refractivity contribution in [1.29, 1.82) is 0 Å². The molecule has 0 aliphatic heterocycles. The Labute approximate surface area is 104 Å². The van der Waals surface area contributed by atoms with Gasteiger partial charge in [0.2, 0.25) is 0 Å². The topological polar surface area (TPSA) is 44.5 Å². The van der Waals surface area contributed by atoms with Crippen LogP contribution in [0, 0.1) is 0 Å². The van der Waals surface area contributed by atoms with E-state index < -0.39 is 0 Å². The van der Waals surface area contributed by atoms with E-state index in [1.165, 1.54) is 0 Å². The Kier molecular flexibility index (Phi) is 5.84. The molecule has 3 nitrogen and oxygen atoms in total. The highest BCUT2D eigenvalue weighted by atomic mass is 16.5. The summed E-state index contributed by atoms with van der Waals surface area (Å²) in [6.45, 7) is 4.93. The van der Waals surface area contributed by atoms with Gasteiger partial charge in [0, 0.05) is 6.04 Å². The van der Waals surface area contributed by atoms with Crippen molar-refractivity contribution >= 4 is 0 Å². The van der Waals surface area contributed by atoms with Crippen LogP contribution in [0.15, 0.2) is 18.2 Å². The van der Waals surface area contributed by atoms with Crippen LogP contribution < -0.4 is 15.2 Å². The molecule has 1 unspecified atom stereocenters. The first kappa shape index (κ1) is 13.8. The van der Waals surface area contributed by atoms with Gasteiger partial charge in [0.25, 0.3) is 0 Å². The number of nitrogens with two attached hydrogens (primary N) is 1. The van der Waals surface area contributed by atoms with Gasteiger partial charge in [0.05, 0.1) is 13.7 Å². The molecule has 96 valence electrons. The molecule has 1 aromatic rings. The molecule has 0 saturated heterocycles. The van der Waals surface area contributed by atoms with Crippen LogP contribution in [0.1, 0.15) is 32.3 Å². The zero-order valence-corrected chi connectivity index (χ0v) is 11.0. The predicted molar refractivity (Wildman–Crippen MR) is 70.8 cm³/mol. The summed E-state index contributed by atoms with van der Waals surface area (Å²) in [5.74, 6) is 1.78. The van der Waals surface area contributed by atoms with Gasteiger partial charge in [-0.3, -0.25) is 0 Å². The van der Waals surface area contributed by atoms with E-state index >= 15 is 0 Å². The molecule has 0 amide bonds. The van der Waals surface area contributed by atoms with Crippen molar-refractivity contribution in [2.24, 2.45) is 5.73 Å². The molecule has 0 bridgehead atoms. The number of methoxy groups -OCH3 is 1. The fraction of sp³-hybridized carbons (Fsp3) is 0.571. The van der Waals surface area contributed by atoms with Crippen molar-refractivity contribution in [1.82, 2.24) is 0 Å². The second kappa shape index (κ2) is 7.17. The Morgan fingerprint density at radius 3 is 2.65 bits per heavy atom. The lowest BCUT2D eigenvalue weighted by Crippen LogP contribution is -2.21. The zero-order chi connectivity index (χ0) is 12.7. The van der Waals surface area contributed by atoms with Crippen LogP contribution in [0.4, 0.5) is 0 Å². The SMILES string of the molecule is CCCOc1ccc(OC)cc1CC(N)CC. The smallest absolute Gasteiger partial charge is 0.122 e. The highest BCUT2D eigenvalue weighted by Crippen LogP contribution is 2.25. The fourth-order valence-corrected chi connectivity index (χ4v) is 1.62.